The van der Waals surface area contributed by atoms with Crippen LogP contribution >= 0.6 is 0 Å². The van der Waals surface area contributed by atoms with E-state index in [2.05, 4.69) is 15.6 Å². The Hall–Kier alpha value is -4.54. The monoisotopic (exact) mass is 588 g/mol. The molecule has 3 N–H and O–H groups in total. The SMILES string of the molecule is COc1cccc(N[C@H]2CCCCC/C=C\[C@@H]3C[C@@]3(C(=O)O)NC(=O)[C@@H]3C[C@@H](Oc4nc5ccccc5o4)CN3C2=O)c1. The Labute approximate surface area is 249 Å². The highest BCUT2D eigenvalue weighted by molar-refractivity contribution is 5.96. The fraction of sp³-hybridized carbons (Fsp3) is 0.438. The van der Waals surface area contributed by atoms with Gasteiger partial charge in [0.05, 0.1) is 13.7 Å². The molecule has 2 aliphatic heterocycles. The first kappa shape index (κ1) is 28.6. The van der Waals surface area contributed by atoms with Crippen LogP contribution < -0.4 is 20.1 Å². The summed E-state index contributed by atoms with van der Waals surface area (Å²) < 4.78 is 17.2. The van der Waals surface area contributed by atoms with E-state index in [1.807, 2.05) is 54.6 Å². The summed E-state index contributed by atoms with van der Waals surface area (Å²) in [6.07, 6.45) is 7.86. The lowest BCUT2D eigenvalue weighted by Crippen LogP contribution is -2.55. The minimum Gasteiger partial charge on any atom is -0.497 e. The quantitative estimate of drug-likeness (QED) is 0.362. The van der Waals surface area contributed by atoms with Gasteiger partial charge in [0.2, 0.25) is 11.8 Å². The number of carbonyl (C=O) groups is 3. The van der Waals surface area contributed by atoms with Crippen molar-refractivity contribution in [3.63, 3.8) is 0 Å². The standard InChI is InChI=1S/C32H36N4O7/c1-41-22-12-9-11-21(16-22)33-25-14-6-4-2-3-5-10-20-18-32(20,30(39)40)35-28(37)26-17-23(19-36(26)29(25)38)42-31-34-24-13-7-8-15-27(24)43-31/h5,7-13,15-16,20,23,25-26,33H,2-4,6,14,17-19H2,1H3,(H,35,37)(H,39,40)/b10-5-/t20-,23-,25+,26+,32-/m1/s1. The van der Waals surface area contributed by atoms with E-state index in [1.54, 1.807) is 13.2 Å². The van der Waals surface area contributed by atoms with Crippen LogP contribution in [-0.4, -0.2) is 70.2 Å². The molecule has 0 spiro atoms. The minimum atomic E-state index is -1.38. The number of carboxylic acid groups (broad SMARTS) is 1. The van der Waals surface area contributed by atoms with Crippen LogP contribution in [0.2, 0.25) is 0 Å². The van der Waals surface area contributed by atoms with E-state index >= 15 is 0 Å². The number of carboxylic acids is 1. The third kappa shape index (κ3) is 6.02. The van der Waals surface area contributed by atoms with Gasteiger partial charge in [0, 0.05) is 24.1 Å². The molecule has 3 aliphatic rings. The fourth-order valence-electron chi connectivity index (χ4n) is 6.11. The van der Waals surface area contributed by atoms with Gasteiger partial charge in [0.1, 0.15) is 35.0 Å². The number of allylic oxidation sites excluding steroid dienone is 1. The van der Waals surface area contributed by atoms with E-state index in [-0.39, 0.29) is 30.9 Å². The van der Waals surface area contributed by atoms with E-state index in [9.17, 15) is 19.5 Å². The number of methoxy groups -OCH3 is 1. The van der Waals surface area contributed by atoms with Gasteiger partial charge in [-0.2, -0.15) is 4.98 Å². The van der Waals surface area contributed by atoms with Crippen LogP contribution in [0.4, 0.5) is 5.69 Å². The van der Waals surface area contributed by atoms with Gasteiger partial charge in [-0.1, -0.05) is 43.2 Å². The molecule has 2 aromatic carbocycles. The van der Waals surface area contributed by atoms with Crippen LogP contribution in [0.15, 0.2) is 65.1 Å². The molecule has 0 bridgehead atoms. The predicted molar refractivity (Wildman–Crippen MR) is 158 cm³/mol. The summed E-state index contributed by atoms with van der Waals surface area (Å²) in [6, 6.07) is 13.1. The summed E-state index contributed by atoms with van der Waals surface area (Å²) in [5, 5.41) is 16.2. The number of rotatable bonds is 6. The maximum atomic E-state index is 14.2. The van der Waals surface area contributed by atoms with Gasteiger partial charge in [-0.25, -0.2) is 4.79 Å². The number of nitrogens with one attached hydrogen (secondary N) is 2. The molecule has 3 heterocycles. The number of amides is 2. The fourth-order valence-corrected chi connectivity index (χ4v) is 6.11. The molecule has 0 radical (unpaired) electrons. The first-order chi connectivity index (χ1) is 20.9. The molecule has 2 amide bonds. The maximum absolute atomic E-state index is 14.2. The van der Waals surface area contributed by atoms with Crippen LogP contribution in [0, 0.1) is 5.92 Å². The molecule has 226 valence electrons. The summed E-state index contributed by atoms with van der Waals surface area (Å²) >= 11 is 0. The summed E-state index contributed by atoms with van der Waals surface area (Å²) in [5.74, 6) is -1.47. The van der Waals surface area contributed by atoms with Gasteiger partial charge >= 0.3 is 12.0 Å². The smallest absolute Gasteiger partial charge is 0.394 e. The topological polar surface area (TPSA) is 143 Å². The van der Waals surface area contributed by atoms with Gasteiger partial charge in [0.25, 0.3) is 0 Å². The minimum absolute atomic E-state index is 0.0576. The Balaban J connectivity index is 1.29. The Kier molecular flexibility index (Phi) is 7.96. The second-order valence-corrected chi connectivity index (χ2v) is 11.5. The van der Waals surface area contributed by atoms with Gasteiger partial charge < -0.3 is 34.5 Å². The van der Waals surface area contributed by atoms with Gasteiger partial charge in [0.15, 0.2) is 5.58 Å². The van der Waals surface area contributed by atoms with E-state index < -0.39 is 35.6 Å². The van der Waals surface area contributed by atoms with Crippen LogP contribution in [0.1, 0.15) is 44.9 Å². The van der Waals surface area contributed by atoms with Crippen LogP contribution in [0.25, 0.3) is 11.1 Å². The molecule has 2 fully saturated rings. The molecule has 5 atom stereocenters. The molecule has 0 unspecified atom stereocenters. The Morgan fingerprint density at radius 3 is 2.84 bits per heavy atom. The summed E-state index contributed by atoms with van der Waals surface area (Å²) in [4.78, 5) is 46.3. The number of benzene rings is 2. The van der Waals surface area contributed by atoms with E-state index in [4.69, 9.17) is 13.9 Å². The number of para-hydroxylation sites is 2. The average molecular weight is 589 g/mol. The molecule has 11 nitrogen and oxygen atoms in total. The largest absolute Gasteiger partial charge is 0.497 e. The van der Waals surface area contributed by atoms with Crippen LogP contribution in [-0.2, 0) is 14.4 Å². The summed E-state index contributed by atoms with van der Waals surface area (Å²) in [6.45, 7) is 0.120. The lowest BCUT2D eigenvalue weighted by Gasteiger charge is -2.30. The summed E-state index contributed by atoms with van der Waals surface area (Å²) in [7, 11) is 1.58. The molecule has 1 saturated carbocycles. The Bertz CT molecular complexity index is 1500. The van der Waals surface area contributed by atoms with Crippen LogP contribution in [0.5, 0.6) is 11.8 Å². The molecular weight excluding hydrogens is 552 g/mol. The molecule has 3 aromatic rings. The number of carbonyl (C=O) groups excluding carboxylic acids is 2. The number of oxazole rings is 1. The molecule has 43 heavy (non-hydrogen) atoms. The number of nitrogens with zero attached hydrogens (tertiary/aromatic N) is 2. The molecule has 1 aromatic heterocycles. The molecule has 6 rings (SSSR count). The van der Waals surface area contributed by atoms with Crippen molar-refractivity contribution in [2.45, 2.75) is 68.7 Å². The highest BCUT2D eigenvalue weighted by atomic mass is 16.6. The van der Waals surface area contributed by atoms with Crippen molar-refractivity contribution in [2.24, 2.45) is 5.92 Å². The van der Waals surface area contributed by atoms with Crippen molar-refractivity contribution in [1.82, 2.24) is 15.2 Å². The van der Waals surface area contributed by atoms with E-state index in [0.717, 1.165) is 31.4 Å². The normalized spacial score (nSPS) is 28.5. The van der Waals surface area contributed by atoms with E-state index in [1.165, 1.54) is 4.90 Å². The molecule has 1 aliphatic carbocycles. The van der Waals surface area contributed by atoms with Gasteiger partial charge in [-0.05, 0) is 49.9 Å². The van der Waals surface area contributed by atoms with Crippen molar-refractivity contribution < 1.29 is 33.4 Å². The highest BCUT2D eigenvalue weighted by Gasteiger charge is 2.61. The van der Waals surface area contributed by atoms with Gasteiger partial charge in [-0.3, -0.25) is 9.59 Å². The second kappa shape index (κ2) is 12.0. The number of hydrogen-bond donors (Lipinski definition) is 3. The number of anilines is 1. The van der Waals surface area contributed by atoms with Crippen molar-refractivity contribution in [3.05, 3.63) is 60.7 Å². The van der Waals surface area contributed by atoms with Crippen molar-refractivity contribution >= 4 is 34.6 Å². The van der Waals surface area contributed by atoms with Crippen molar-refractivity contribution in [2.75, 3.05) is 19.0 Å². The Morgan fingerprint density at radius 1 is 1.16 bits per heavy atom. The Morgan fingerprint density at radius 2 is 2.02 bits per heavy atom. The molecule has 1 saturated heterocycles. The predicted octanol–water partition coefficient (Wildman–Crippen LogP) is 4.15. The molecular formula is C32H36N4O7. The highest BCUT2D eigenvalue weighted by Crippen LogP contribution is 2.45. The molecule has 11 heteroatoms. The van der Waals surface area contributed by atoms with Crippen molar-refractivity contribution in [1.29, 1.82) is 0 Å². The van der Waals surface area contributed by atoms with Crippen molar-refractivity contribution in [3.8, 4) is 11.8 Å². The third-order valence-electron chi connectivity index (χ3n) is 8.57. The van der Waals surface area contributed by atoms with Crippen LogP contribution in [0.3, 0.4) is 0 Å². The summed E-state index contributed by atoms with van der Waals surface area (Å²) in [5.41, 5.74) is 0.555. The lowest BCUT2D eigenvalue weighted by molar-refractivity contribution is -0.145. The lowest BCUT2D eigenvalue weighted by atomic mass is 10.0. The van der Waals surface area contributed by atoms with E-state index in [0.29, 0.717) is 29.7 Å². The zero-order chi connectivity index (χ0) is 30.0. The average Bonchev–Trinajstić information content (AvgIpc) is 3.32. The zero-order valence-corrected chi connectivity index (χ0v) is 24.0. The third-order valence-corrected chi connectivity index (χ3v) is 8.57. The number of fused-ring (bicyclic) bond motifs is 3. The second-order valence-electron chi connectivity index (χ2n) is 11.5. The first-order valence-corrected chi connectivity index (χ1v) is 14.8. The number of aromatic nitrogens is 1. The maximum Gasteiger partial charge on any atom is 0.394 e. The number of hydrogen-bond acceptors (Lipinski definition) is 8. The zero-order valence-electron chi connectivity index (χ0n) is 24.0. The van der Waals surface area contributed by atoms with Gasteiger partial charge in [-0.15, -0.1) is 0 Å². The first-order valence-electron chi connectivity index (χ1n) is 14.8. The number of aliphatic carboxylic acids is 1. The number of ether oxygens (including phenoxy) is 2.